The number of hydrogen-bond donors (Lipinski definition) is 1. The van der Waals surface area contributed by atoms with Crippen LogP contribution in [0.25, 0.3) is 10.9 Å². The van der Waals surface area contributed by atoms with E-state index in [1.807, 2.05) is 6.07 Å². The number of aryl methyl sites for hydroxylation is 1. The van der Waals surface area contributed by atoms with E-state index in [0.717, 1.165) is 9.86 Å². The van der Waals surface area contributed by atoms with Gasteiger partial charge in [0.2, 0.25) is 0 Å². The smallest absolute Gasteiger partial charge is 0.153 e. The molecule has 3 nitrogen and oxygen atoms in total. The summed E-state index contributed by atoms with van der Waals surface area (Å²) in [4.78, 5) is 4.35. The normalized spacial score (nSPS) is 10.8. The highest BCUT2D eigenvalue weighted by atomic mass is 79.9. The number of hydrogen-bond acceptors (Lipinski definition) is 3. The molecule has 106 valence electrons. The highest BCUT2D eigenvalue weighted by Gasteiger charge is 2.09. The van der Waals surface area contributed by atoms with E-state index >= 15 is 0 Å². The minimum absolute atomic E-state index is 0.258. The number of fused-ring (bicyclic) bond motifs is 1. The molecule has 0 radical (unpaired) electrons. The summed E-state index contributed by atoms with van der Waals surface area (Å²) in [5.74, 6) is 0.883. The van der Waals surface area contributed by atoms with Crippen molar-refractivity contribution >= 4 is 32.5 Å². The number of nitrogens with zero attached hydrogens (tertiary/aromatic N) is 1. The zero-order valence-corrected chi connectivity index (χ0v) is 12.8. The first kappa shape index (κ1) is 13.8. The van der Waals surface area contributed by atoms with Crippen molar-refractivity contribution < 1.29 is 9.13 Å². The van der Waals surface area contributed by atoms with Crippen LogP contribution in [0.5, 0.6) is 11.5 Å². The van der Waals surface area contributed by atoms with E-state index in [4.69, 9.17) is 10.5 Å². The van der Waals surface area contributed by atoms with E-state index in [9.17, 15) is 4.39 Å². The van der Waals surface area contributed by atoms with Crippen LogP contribution in [0.3, 0.4) is 0 Å². The molecule has 5 heteroatoms. The number of nitrogens with two attached hydrogens (primary N) is 1. The SMILES string of the molecule is Cc1cc(Oc2ccc(N)c3cc(Br)cnc23)ccc1F. The zero-order chi connectivity index (χ0) is 15.0. The van der Waals surface area contributed by atoms with Crippen molar-refractivity contribution in [3.63, 3.8) is 0 Å². The molecule has 2 N–H and O–H groups in total. The molecule has 21 heavy (non-hydrogen) atoms. The lowest BCUT2D eigenvalue weighted by atomic mass is 10.1. The Morgan fingerprint density at radius 2 is 2.00 bits per heavy atom. The highest BCUT2D eigenvalue weighted by molar-refractivity contribution is 9.10. The molecule has 0 aliphatic carbocycles. The molecule has 0 aliphatic heterocycles. The number of halogens is 2. The summed E-state index contributed by atoms with van der Waals surface area (Å²) >= 11 is 3.37. The average molecular weight is 347 g/mol. The standard InChI is InChI=1S/C16H12BrFN2O/c1-9-6-11(2-3-13(9)18)21-15-5-4-14(19)12-7-10(17)8-20-16(12)15/h2-8H,19H2,1H3. The van der Waals surface area contributed by atoms with Crippen LogP contribution in [0.15, 0.2) is 47.1 Å². The summed E-state index contributed by atoms with van der Waals surface area (Å²) in [5.41, 5.74) is 7.79. The lowest BCUT2D eigenvalue weighted by molar-refractivity contribution is 0.484. The summed E-state index contributed by atoms with van der Waals surface area (Å²) < 4.78 is 20.0. The minimum Gasteiger partial charge on any atom is -0.455 e. The Morgan fingerprint density at radius 1 is 1.19 bits per heavy atom. The summed E-state index contributed by atoms with van der Waals surface area (Å²) in [6.07, 6.45) is 1.69. The molecule has 0 saturated carbocycles. The van der Waals surface area contributed by atoms with E-state index in [1.165, 1.54) is 6.07 Å². The maximum atomic E-state index is 13.3. The van der Waals surface area contributed by atoms with Gasteiger partial charge in [-0.2, -0.15) is 0 Å². The summed E-state index contributed by atoms with van der Waals surface area (Å²) in [7, 11) is 0. The molecule has 0 unspecified atom stereocenters. The number of ether oxygens (including phenoxy) is 1. The Hall–Kier alpha value is -2.14. The van der Waals surface area contributed by atoms with Crippen LogP contribution in [-0.2, 0) is 0 Å². The van der Waals surface area contributed by atoms with Crippen LogP contribution in [0, 0.1) is 12.7 Å². The van der Waals surface area contributed by atoms with Gasteiger partial charge in [-0.1, -0.05) is 0 Å². The second-order valence-electron chi connectivity index (χ2n) is 4.72. The zero-order valence-electron chi connectivity index (χ0n) is 11.2. The first-order valence-electron chi connectivity index (χ1n) is 6.32. The molecular weight excluding hydrogens is 335 g/mol. The second kappa shape index (κ2) is 5.33. The molecule has 0 saturated heterocycles. The van der Waals surface area contributed by atoms with Gasteiger partial charge in [0.25, 0.3) is 0 Å². The van der Waals surface area contributed by atoms with Crippen molar-refractivity contribution in [2.45, 2.75) is 6.92 Å². The summed E-state index contributed by atoms with van der Waals surface area (Å²) in [6, 6.07) is 10.0. The molecule has 0 bridgehead atoms. The lowest BCUT2D eigenvalue weighted by Crippen LogP contribution is -1.93. The van der Waals surface area contributed by atoms with Crippen molar-refractivity contribution in [1.82, 2.24) is 4.98 Å². The lowest BCUT2D eigenvalue weighted by Gasteiger charge is -2.11. The predicted molar refractivity (Wildman–Crippen MR) is 85.1 cm³/mol. The number of benzene rings is 2. The van der Waals surface area contributed by atoms with E-state index in [-0.39, 0.29) is 5.82 Å². The van der Waals surface area contributed by atoms with Crippen molar-refractivity contribution in [3.8, 4) is 11.5 Å². The number of aromatic nitrogens is 1. The van der Waals surface area contributed by atoms with Gasteiger partial charge in [-0.3, -0.25) is 4.98 Å². The van der Waals surface area contributed by atoms with Crippen LogP contribution in [0.4, 0.5) is 10.1 Å². The highest BCUT2D eigenvalue weighted by Crippen LogP contribution is 2.33. The average Bonchev–Trinajstić information content (AvgIpc) is 2.46. The van der Waals surface area contributed by atoms with Gasteiger partial charge in [-0.05, 0) is 64.8 Å². The number of nitrogen functional groups attached to an aromatic ring is 1. The summed E-state index contributed by atoms with van der Waals surface area (Å²) in [5, 5.41) is 0.806. The largest absolute Gasteiger partial charge is 0.455 e. The fraction of sp³-hybridized carbons (Fsp3) is 0.0625. The van der Waals surface area contributed by atoms with E-state index in [1.54, 1.807) is 37.4 Å². The molecule has 0 aliphatic rings. The van der Waals surface area contributed by atoms with E-state index in [2.05, 4.69) is 20.9 Å². The fourth-order valence-electron chi connectivity index (χ4n) is 2.08. The number of pyridine rings is 1. The molecule has 2 aromatic carbocycles. The Morgan fingerprint density at radius 3 is 2.76 bits per heavy atom. The van der Waals surface area contributed by atoms with Crippen LogP contribution >= 0.6 is 15.9 Å². The topological polar surface area (TPSA) is 48.1 Å². The van der Waals surface area contributed by atoms with Crippen LogP contribution in [0.1, 0.15) is 5.56 Å². The van der Waals surface area contributed by atoms with Crippen molar-refractivity contribution in [3.05, 3.63) is 58.4 Å². The van der Waals surface area contributed by atoms with Crippen molar-refractivity contribution in [2.75, 3.05) is 5.73 Å². The van der Waals surface area contributed by atoms with Gasteiger partial charge in [0.15, 0.2) is 5.75 Å². The molecule has 1 heterocycles. The third-order valence-corrected chi connectivity index (χ3v) is 3.60. The Kier molecular flexibility index (Phi) is 3.51. The van der Waals surface area contributed by atoms with Crippen LogP contribution in [0.2, 0.25) is 0 Å². The molecule has 3 rings (SSSR count). The molecule has 3 aromatic rings. The van der Waals surface area contributed by atoms with Crippen LogP contribution < -0.4 is 10.5 Å². The molecule has 0 amide bonds. The van der Waals surface area contributed by atoms with Crippen molar-refractivity contribution in [2.24, 2.45) is 0 Å². The minimum atomic E-state index is -0.258. The maximum absolute atomic E-state index is 13.3. The molecular formula is C16H12BrFN2O. The van der Waals surface area contributed by atoms with Gasteiger partial charge in [0.05, 0.1) is 0 Å². The van der Waals surface area contributed by atoms with Crippen molar-refractivity contribution in [1.29, 1.82) is 0 Å². The Bertz CT molecular complexity index is 836. The van der Waals surface area contributed by atoms with Gasteiger partial charge in [0.1, 0.15) is 17.1 Å². The molecule has 0 spiro atoms. The van der Waals surface area contributed by atoms with Gasteiger partial charge < -0.3 is 10.5 Å². The monoisotopic (exact) mass is 346 g/mol. The number of anilines is 1. The molecule has 0 atom stereocenters. The first-order valence-corrected chi connectivity index (χ1v) is 7.11. The summed E-state index contributed by atoms with van der Waals surface area (Å²) in [6.45, 7) is 1.69. The molecule has 0 fully saturated rings. The van der Waals surface area contributed by atoms with Crippen LogP contribution in [-0.4, -0.2) is 4.98 Å². The predicted octanol–water partition coefficient (Wildman–Crippen LogP) is 4.82. The third-order valence-electron chi connectivity index (χ3n) is 3.17. The third kappa shape index (κ3) is 2.69. The Labute approximate surface area is 129 Å². The van der Waals surface area contributed by atoms with Gasteiger partial charge in [-0.15, -0.1) is 0 Å². The fourth-order valence-corrected chi connectivity index (χ4v) is 2.41. The number of rotatable bonds is 2. The van der Waals surface area contributed by atoms with Gasteiger partial charge in [0, 0.05) is 21.7 Å². The quantitative estimate of drug-likeness (QED) is 0.676. The van der Waals surface area contributed by atoms with Gasteiger partial charge >= 0.3 is 0 Å². The van der Waals surface area contributed by atoms with E-state index in [0.29, 0.717) is 28.3 Å². The first-order chi connectivity index (χ1) is 10.0. The Balaban J connectivity index is 2.08. The van der Waals surface area contributed by atoms with Gasteiger partial charge in [-0.25, -0.2) is 4.39 Å². The maximum Gasteiger partial charge on any atom is 0.153 e. The second-order valence-corrected chi connectivity index (χ2v) is 5.63. The molecule has 1 aromatic heterocycles. The van der Waals surface area contributed by atoms with E-state index < -0.39 is 0 Å².